The van der Waals surface area contributed by atoms with Gasteiger partial charge in [-0.1, -0.05) is 59.6 Å². The van der Waals surface area contributed by atoms with Gasteiger partial charge in [0, 0.05) is 82.7 Å². The molecule has 0 radical (unpaired) electrons. The van der Waals surface area contributed by atoms with Crippen LogP contribution in [0, 0.1) is 11.8 Å². The number of carbonyl (C=O) groups excluding carboxylic acids is 2. The molecule has 8 aromatic rings. The van der Waals surface area contributed by atoms with E-state index in [0.717, 1.165) is 56.6 Å². The number of fused-ring (bicyclic) bond motifs is 2. The Balaban J connectivity index is 0.000000154. The number of hydrogen-bond donors (Lipinski definition) is 4. The zero-order valence-corrected chi connectivity index (χ0v) is 33.9. The molecule has 300 valence electrons. The lowest BCUT2D eigenvalue weighted by molar-refractivity contribution is -0.118. The van der Waals surface area contributed by atoms with Gasteiger partial charge in [-0.15, -0.1) is 0 Å². The van der Waals surface area contributed by atoms with E-state index >= 15 is 0 Å². The van der Waals surface area contributed by atoms with Crippen molar-refractivity contribution in [3.05, 3.63) is 131 Å². The smallest absolute Gasteiger partial charge is 0.229 e. The number of nitrogens with zero attached hydrogens (tertiary/aromatic N) is 8. The van der Waals surface area contributed by atoms with E-state index in [1.165, 1.54) is 0 Å². The molecule has 2 aromatic carbocycles. The number of aromatic nitrogens is 8. The van der Waals surface area contributed by atoms with Crippen molar-refractivity contribution in [3.8, 4) is 22.5 Å². The Bertz CT molecular complexity index is 2770. The number of pyridine rings is 4. The molecule has 60 heavy (non-hydrogen) atoms. The Morgan fingerprint density at radius 2 is 1.05 bits per heavy atom. The predicted molar refractivity (Wildman–Crippen MR) is 234 cm³/mol. The maximum atomic E-state index is 12.7. The number of amides is 2. The molecule has 6 heterocycles. The molecule has 6 aromatic heterocycles. The van der Waals surface area contributed by atoms with Crippen LogP contribution in [0.5, 0.6) is 0 Å². The Hall–Kier alpha value is -6.90. The minimum Gasteiger partial charge on any atom is -0.383 e. The van der Waals surface area contributed by atoms with Crippen LogP contribution in [0.2, 0.25) is 10.0 Å². The van der Waals surface area contributed by atoms with E-state index in [9.17, 15) is 9.59 Å². The van der Waals surface area contributed by atoms with Crippen LogP contribution in [0.4, 0.5) is 23.3 Å². The molecule has 0 saturated heterocycles. The van der Waals surface area contributed by atoms with Crippen molar-refractivity contribution in [1.82, 2.24) is 39.5 Å². The molecular formula is C44H38Cl2N12O2. The topological polar surface area (TPSA) is 197 Å². The monoisotopic (exact) mass is 836 g/mol. The number of hydrogen-bond acceptors (Lipinski definition) is 10. The van der Waals surface area contributed by atoms with Crippen LogP contribution in [0.25, 0.3) is 44.1 Å². The second kappa shape index (κ2) is 15.7. The highest BCUT2D eigenvalue weighted by Gasteiger charge is 2.45. The minimum atomic E-state index is -0.0621. The summed E-state index contributed by atoms with van der Waals surface area (Å²) < 4.78 is 3.51. The normalized spacial score (nSPS) is 17.8. The summed E-state index contributed by atoms with van der Waals surface area (Å²) in [6.45, 7) is 0. The van der Waals surface area contributed by atoms with Crippen molar-refractivity contribution < 1.29 is 9.59 Å². The quantitative estimate of drug-likeness (QED) is 0.116. The van der Waals surface area contributed by atoms with Gasteiger partial charge < -0.3 is 22.1 Å². The molecule has 6 N–H and O–H groups in total. The third-order valence-corrected chi connectivity index (χ3v) is 11.5. The number of rotatable bonds is 8. The van der Waals surface area contributed by atoms with E-state index in [-0.39, 0.29) is 35.5 Å². The number of aryl methyl sites for hydroxylation is 2. The maximum Gasteiger partial charge on any atom is 0.229 e. The van der Waals surface area contributed by atoms with Crippen LogP contribution < -0.4 is 22.1 Å². The van der Waals surface area contributed by atoms with Gasteiger partial charge in [0.05, 0.1) is 23.8 Å². The van der Waals surface area contributed by atoms with Gasteiger partial charge in [-0.25, -0.2) is 19.9 Å². The number of anilines is 4. The third kappa shape index (κ3) is 7.94. The lowest BCUT2D eigenvalue weighted by atomic mass is 10.1. The van der Waals surface area contributed by atoms with Crippen molar-refractivity contribution in [3.63, 3.8) is 0 Å². The molecule has 2 saturated carbocycles. The van der Waals surface area contributed by atoms with Gasteiger partial charge in [-0.2, -0.15) is 10.2 Å². The maximum absolute atomic E-state index is 12.7. The van der Waals surface area contributed by atoms with E-state index in [4.69, 9.17) is 34.7 Å². The first-order valence-electron chi connectivity index (χ1n) is 19.2. The van der Waals surface area contributed by atoms with E-state index in [0.29, 0.717) is 44.7 Å². The molecule has 4 atom stereocenters. The first-order chi connectivity index (χ1) is 29.0. The van der Waals surface area contributed by atoms with Crippen LogP contribution in [-0.2, 0) is 23.7 Å². The zero-order valence-electron chi connectivity index (χ0n) is 32.4. The molecule has 10 rings (SSSR count). The molecule has 2 aliphatic rings. The fourth-order valence-corrected chi connectivity index (χ4v) is 7.97. The summed E-state index contributed by atoms with van der Waals surface area (Å²) in [6, 6.07) is 22.4. The van der Waals surface area contributed by atoms with Gasteiger partial charge in [-0.05, 0) is 83.0 Å². The van der Waals surface area contributed by atoms with Crippen molar-refractivity contribution in [2.75, 3.05) is 22.1 Å². The number of halogens is 2. The van der Waals surface area contributed by atoms with Crippen LogP contribution in [0.15, 0.2) is 110 Å². The predicted octanol–water partition coefficient (Wildman–Crippen LogP) is 8.02. The molecule has 0 unspecified atom stereocenters. The molecule has 2 fully saturated rings. The third-order valence-electron chi connectivity index (χ3n) is 10.9. The SMILES string of the molecule is Cn1cc([C@@H]2C[C@H]2C(=O)Nc2cc3cc(-c4ccccc4Cl)nc(N)c3cn2)cn1.Cn1cc([C@H]2C[C@@H]2C(=O)Nc2cc3cc(-c4ccccc4Cl)nc(N)c3cn2)cn1. The average molecular weight is 838 g/mol. The Kier molecular flexibility index (Phi) is 10.1. The first-order valence-corrected chi connectivity index (χ1v) is 20.0. The number of carbonyl (C=O) groups is 2. The average Bonchev–Trinajstić information content (AvgIpc) is 4.13. The Morgan fingerprint density at radius 1 is 0.633 bits per heavy atom. The summed E-state index contributed by atoms with van der Waals surface area (Å²) >= 11 is 12.6. The largest absolute Gasteiger partial charge is 0.383 e. The highest BCUT2D eigenvalue weighted by Crippen LogP contribution is 2.49. The van der Waals surface area contributed by atoms with Gasteiger partial charge in [0.15, 0.2) is 0 Å². The first kappa shape index (κ1) is 38.6. The van der Waals surface area contributed by atoms with Gasteiger partial charge in [-0.3, -0.25) is 19.0 Å². The highest BCUT2D eigenvalue weighted by molar-refractivity contribution is 6.33. The van der Waals surface area contributed by atoms with Crippen molar-refractivity contribution in [2.45, 2.75) is 24.7 Å². The van der Waals surface area contributed by atoms with Crippen LogP contribution in [-0.4, -0.2) is 51.3 Å². The summed E-state index contributed by atoms with van der Waals surface area (Å²) in [7, 11) is 3.74. The second-order valence-corrected chi connectivity index (χ2v) is 15.9. The molecule has 14 nitrogen and oxygen atoms in total. The van der Waals surface area contributed by atoms with E-state index in [1.54, 1.807) is 21.8 Å². The van der Waals surface area contributed by atoms with Crippen LogP contribution in [0.3, 0.4) is 0 Å². The van der Waals surface area contributed by atoms with E-state index in [2.05, 4.69) is 40.8 Å². The van der Waals surface area contributed by atoms with E-state index < -0.39 is 0 Å². The fourth-order valence-electron chi connectivity index (χ4n) is 7.51. The number of nitrogen functional groups attached to an aromatic ring is 2. The van der Waals surface area contributed by atoms with Crippen molar-refractivity contribution >= 4 is 79.8 Å². The molecular weight excluding hydrogens is 799 g/mol. The Morgan fingerprint density at radius 3 is 1.43 bits per heavy atom. The standard InChI is InChI=1S/2C22H19ClN6O/c2*1-29-11-13(9-26-29)15-8-16(15)22(30)28-20-7-12-6-19(14-4-2-3-5-18(14)23)27-21(24)17(12)10-25-20/h2*2-7,9-11,15-16H,8H2,1H3,(H2,24,27)(H,25,28,30)/t2*15-,16+/m10/s1. The lowest BCUT2D eigenvalue weighted by Crippen LogP contribution is -2.15. The van der Waals surface area contributed by atoms with Crippen molar-refractivity contribution in [1.29, 1.82) is 0 Å². The van der Waals surface area contributed by atoms with Gasteiger partial charge >= 0.3 is 0 Å². The fraction of sp³-hybridized carbons (Fsp3) is 0.182. The summed E-state index contributed by atoms with van der Waals surface area (Å²) in [5, 5.41) is 18.5. The summed E-state index contributed by atoms with van der Waals surface area (Å²) in [5.74, 6) is 1.93. The lowest BCUT2D eigenvalue weighted by Gasteiger charge is -2.10. The van der Waals surface area contributed by atoms with Gasteiger partial charge in [0.1, 0.15) is 23.3 Å². The summed E-state index contributed by atoms with van der Waals surface area (Å²) in [5.41, 5.74) is 17.4. The van der Waals surface area contributed by atoms with Crippen LogP contribution >= 0.6 is 23.2 Å². The molecule has 0 bridgehead atoms. The number of benzene rings is 2. The van der Waals surface area contributed by atoms with E-state index in [1.807, 2.05) is 112 Å². The number of nitrogens with one attached hydrogen (secondary N) is 2. The van der Waals surface area contributed by atoms with Gasteiger partial charge in [0.2, 0.25) is 11.8 Å². The molecule has 0 aliphatic heterocycles. The summed E-state index contributed by atoms with van der Waals surface area (Å²) in [4.78, 5) is 43.0. The number of nitrogens with two attached hydrogens (primary N) is 2. The molecule has 2 amide bonds. The molecule has 0 spiro atoms. The van der Waals surface area contributed by atoms with Crippen LogP contribution in [0.1, 0.15) is 35.8 Å². The summed E-state index contributed by atoms with van der Waals surface area (Å²) in [6.07, 6.45) is 12.5. The molecule has 2 aliphatic carbocycles. The second-order valence-electron chi connectivity index (χ2n) is 15.1. The Labute approximate surface area is 354 Å². The zero-order chi connectivity index (χ0) is 41.7. The van der Waals surface area contributed by atoms with Crippen molar-refractivity contribution in [2.24, 2.45) is 25.9 Å². The highest BCUT2D eigenvalue weighted by atomic mass is 35.5. The minimum absolute atomic E-state index is 0.0379. The van der Waals surface area contributed by atoms with Gasteiger partial charge in [0.25, 0.3) is 0 Å². The molecule has 16 heteroatoms.